The summed E-state index contributed by atoms with van der Waals surface area (Å²) in [5.74, 6) is 0.891. The SMILES string of the molecule is COc1ccc(-c2cc(-c3ccc(Br)cc3)nc3c2CCCCC3)cc1. The van der Waals surface area contributed by atoms with Gasteiger partial charge in [0, 0.05) is 15.7 Å². The summed E-state index contributed by atoms with van der Waals surface area (Å²) in [4.78, 5) is 5.05. The summed E-state index contributed by atoms with van der Waals surface area (Å²) in [7, 11) is 1.71. The summed E-state index contributed by atoms with van der Waals surface area (Å²) < 4.78 is 6.41. The summed E-state index contributed by atoms with van der Waals surface area (Å²) in [6.07, 6.45) is 5.94. The number of aromatic nitrogens is 1. The molecule has 0 radical (unpaired) electrons. The Labute approximate surface area is 163 Å². The number of ether oxygens (including phenoxy) is 1. The molecule has 0 amide bonds. The minimum absolute atomic E-state index is 0.891. The summed E-state index contributed by atoms with van der Waals surface area (Å²) >= 11 is 3.52. The molecule has 0 N–H and O–H groups in total. The number of rotatable bonds is 3. The van der Waals surface area contributed by atoms with Gasteiger partial charge in [-0.2, -0.15) is 0 Å². The Hall–Kier alpha value is -2.13. The molecule has 3 heteroatoms. The zero-order valence-corrected chi connectivity index (χ0v) is 16.6. The first kappa shape index (κ1) is 17.3. The molecule has 2 aromatic carbocycles. The second-order valence-corrected chi connectivity index (χ2v) is 7.69. The first-order valence-corrected chi connectivity index (χ1v) is 9.97. The van der Waals surface area contributed by atoms with E-state index >= 15 is 0 Å². The van der Waals surface area contributed by atoms with E-state index in [9.17, 15) is 0 Å². The normalized spacial score (nSPS) is 13.8. The lowest BCUT2D eigenvalue weighted by Crippen LogP contribution is -2.01. The highest BCUT2D eigenvalue weighted by Crippen LogP contribution is 2.34. The van der Waals surface area contributed by atoms with E-state index in [1.165, 1.54) is 41.6 Å². The van der Waals surface area contributed by atoms with Crippen LogP contribution < -0.4 is 4.74 Å². The van der Waals surface area contributed by atoms with Gasteiger partial charge in [0.15, 0.2) is 0 Å². The van der Waals surface area contributed by atoms with Crippen molar-refractivity contribution in [2.24, 2.45) is 0 Å². The molecule has 132 valence electrons. The fraction of sp³-hybridized carbons (Fsp3) is 0.261. The quantitative estimate of drug-likeness (QED) is 0.465. The highest BCUT2D eigenvalue weighted by atomic mass is 79.9. The van der Waals surface area contributed by atoms with Crippen LogP contribution in [0.25, 0.3) is 22.4 Å². The predicted octanol–water partition coefficient (Wildman–Crippen LogP) is 6.46. The third-order valence-electron chi connectivity index (χ3n) is 5.09. The average molecular weight is 408 g/mol. The van der Waals surface area contributed by atoms with Crippen molar-refractivity contribution < 1.29 is 4.74 Å². The second-order valence-electron chi connectivity index (χ2n) is 6.78. The maximum atomic E-state index is 5.33. The molecular weight excluding hydrogens is 386 g/mol. The number of halogens is 1. The van der Waals surface area contributed by atoms with Gasteiger partial charge in [-0.05, 0) is 72.7 Å². The maximum Gasteiger partial charge on any atom is 0.118 e. The molecular formula is C23H22BrNO. The minimum atomic E-state index is 0.891. The van der Waals surface area contributed by atoms with E-state index in [2.05, 4.69) is 58.4 Å². The van der Waals surface area contributed by atoms with Crippen LogP contribution in [-0.4, -0.2) is 12.1 Å². The molecule has 4 rings (SSSR count). The fourth-order valence-corrected chi connectivity index (χ4v) is 3.94. The van der Waals surface area contributed by atoms with Crippen LogP contribution >= 0.6 is 15.9 Å². The van der Waals surface area contributed by atoms with Crippen molar-refractivity contribution in [3.05, 3.63) is 70.3 Å². The monoisotopic (exact) mass is 407 g/mol. The summed E-state index contributed by atoms with van der Waals surface area (Å²) in [6.45, 7) is 0. The molecule has 0 atom stereocenters. The van der Waals surface area contributed by atoms with Crippen molar-refractivity contribution in [1.29, 1.82) is 0 Å². The van der Waals surface area contributed by atoms with Gasteiger partial charge in [-0.25, -0.2) is 0 Å². The van der Waals surface area contributed by atoms with Crippen LogP contribution in [0.5, 0.6) is 5.75 Å². The molecule has 0 fully saturated rings. The van der Waals surface area contributed by atoms with Crippen molar-refractivity contribution >= 4 is 15.9 Å². The highest BCUT2D eigenvalue weighted by Gasteiger charge is 2.17. The molecule has 1 aromatic heterocycles. The number of aryl methyl sites for hydroxylation is 1. The lowest BCUT2D eigenvalue weighted by Gasteiger charge is -2.15. The minimum Gasteiger partial charge on any atom is -0.497 e. The number of fused-ring (bicyclic) bond motifs is 1. The molecule has 2 nitrogen and oxygen atoms in total. The highest BCUT2D eigenvalue weighted by molar-refractivity contribution is 9.10. The molecule has 0 saturated carbocycles. The van der Waals surface area contributed by atoms with Gasteiger partial charge in [-0.15, -0.1) is 0 Å². The Morgan fingerprint density at radius 3 is 2.27 bits per heavy atom. The molecule has 0 aliphatic heterocycles. The van der Waals surface area contributed by atoms with Gasteiger partial charge < -0.3 is 4.74 Å². The summed E-state index contributed by atoms with van der Waals surface area (Å²) in [5.41, 5.74) is 7.48. The fourth-order valence-electron chi connectivity index (χ4n) is 3.68. The van der Waals surface area contributed by atoms with E-state index in [1.54, 1.807) is 7.11 Å². The Morgan fingerprint density at radius 1 is 0.846 bits per heavy atom. The van der Waals surface area contributed by atoms with E-state index in [-0.39, 0.29) is 0 Å². The number of benzene rings is 2. The number of pyridine rings is 1. The standard InChI is InChI=1S/C23H22BrNO/c1-26-19-13-9-16(10-14-19)21-15-23(17-7-11-18(24)12-8-17)25-22-6-4-2-3-5-20(21)22/h7-15H,2-6H2,1H3. The summed E-state index contributed by atoms with van der Waals surface area (Å²) in [5, 5.41) is 0. The van der Waals surface area contributed by atoms with Crippen molar-refractivity contribution in [2.75, 3.05) is 7.11 Å². The Morgan fingerprint density at radius 2 is 1.54 bits per heavy atom. The number of nitrogens with zero attached hydrogens (tertiary/aromatic N) is 1. The van der Waals surface area contributed by atoms with Crippen LogP contribution in [0.3, 0.4) is 0 Å². The van der Waals surface area contributed by atoms with Gasteiger partial charge in [0.2, 0.25) is 0 Å². The smallest absolute Gasteiger partial charge is 0.118 e. The molecule has 0 spiro atoms. The first-order chi connectivity index (χ1) is 12.7. The Bertz CT molecular complexity index is 901. The van der Waals surface area contributed by atoms with E-state index in [4.69, 9.17) is 9.72 Å². The van der Waals surface area contributed by atoms with Crippen molar-refractivity contribution in [2.45, 2.75) is 32.1 Å². The lowest BCUT2D eigenvalue weighted by molar-refractivity contribution is 0.415. The van der Waals surface area contributed by atoms with Gasteiger partial charge in [-0.3, -0.25) is 4.98 Å². The number of hydrogen-bond donors (Lipinski definition) is 0. The molecule has 0 unspecified atom stereocenters. The Balaban J connectivity index is 1.86. The van der Waals surface area contributed by atoms with Gasteiger partial charge in [0.1, 0.15) is 5.75 Å². The van der Waals surface area contributed by atoms with Crippen LogP contribution in [0.1, 0.15) is 30.5 Å². The van der Waals surface area contributed by atoms with E-state index in [0.29, 0.717) is 0 Å². The zero-order valence-electron chi connectivity index (χ0n) is 15.0. The number of hydrogen-bond acceptors (Lipinski definition) is 2. The second kappa shape index (κ2) is 7.63. The van der Waals surface area contributed by atoms with E-state index < -0.39 is 0 Å². The van der Waals surface area contributed by atoms with E-state index in [1.807, 2.05) is 12.1 Å². The van der Waals surface area contributed by atoms with Crippen LogP contribution in [0.4, 0.5) is 0 Å². The molecule has 26 heavy (non-hydrogen) atoms. The van der Waals surface area contributed by atoms with E-state index in [0.717, 1.165) is 34.3 Å². The van der Waals surface area contributed by atoms with Crippen molar-refractivity contribution in [3.8, 4) is 28.1 Å². The van der Waals surface area contributed by atoms with Gasteiger partial charge in [0.25, 0.3) is 0 Å². The van der Waals surface area contributed by atoms with Crippen molar-refractivity contribution in [1.82, 2.24) is 4.98 Å². The average Bonchev–Trinajstić information content (AvgIpc) is 2.93. The molecule has 0 saturated heterocycles. The van der Waals surface area contributed by atoms with Crippen LogP contribution in [-0.2, 0) is 12.8 Å². The van der Waals surface area contributed by atoms with Gasteiger partial charge >= 0.3 is 0 Å². The third kappa shape index (κ3) is 3.54. The summed E-state index contributed by atoms with van der Waals surface area (Å²) in [6, 6.07) is 19.1. The number of methoxy groups -OCH3 is 1. The third-order valence-corrected chi connectivity index (χ3v) is 5.62. The molecule has 1 aliphatic rings. The maximum absolute atomic E-state index is 5.33. The molecule has 3 aromatic rings. The molecule has 1 aliphatic carbocycles. The topological polar surface area (TPSA) is 22.1 Å². The van der Waals surface area contributed by atoms with Gasteiger partial charge in [-0.1, -0.05) is 46.6 Å². The molecule has 0 bridgehead atoms. The molecule has 1 heterocycles. The Kier molecular flexibility index (Phi) is 5.07. The van der Waals surface area contributed by atoms with Crippen molar-refractivity contribution in [3.63, 3.8) is 0 Å². The predicted molar refractivity (Wildman–Crippen MR) is 111 cm³/mol. The zero-order chi connectivity index (χ0) is 17.9. The first-order valence-electron chi connectivity index (χ1n) is 9.18. The van der Waals surface area contributed by atoms with Crippen LogP contribution in [0.15, 0.2) is 59.1 Å². The lowest BCUT2D eigenvalue weighted by atomic mass is 9.94. The van der Waals surface area contributed by atoms with Gasteiger partial charge in [0.05, 0.1) is 12.8 Å². The largest absolute Gasteiger partial charge is 0.497 e. The van der Waals surface area contributed by atoms with Crippen LogP contribution in [0, 0.1) is 0 Å². The van der Waals surface area contributed by atoms with Crippen LogP contribution in [0.2, 0.25) is 0 Å².